The number of hydrogen-bond donors (Lipinski definition) is 3. The number of carbonyl (C=O) groups is 1. The molecule has 1 heterocycles. The fraction of sp³-hybridized carbons (Fsp3) is 0.357. The molecular formula is C28H36N4O5. The van der Waals surface area contributed by atoms with Gasteiger partial charge in [0.2, 0.25) is 5.75 Å². The van der Waals surface area contributed by atoms with E-state index in [9.17, 15) is 4.79 Å². The fourth-order valence-electron chi connectivity index (χ4n) is 3.76. The van der Waals surface area contributed by atoms with Crippen molar-refractivity contribution in [1.29, 1.82) is 0 Å². The molecule has 0 unspecified atom stereocenters. The van der Waals surface area contributed by atoms with Gasteiger partial charge in [-0.15, -0.1) is 0 Å². The summed E-state index contributed by atoms with van der Waals surface area (Å²) in [5, 5.41) is 6.23. The van der Waals surface area contributed by atoms with Crippen molar-refractivity contribution in [2.75, 3.05) is 45.5 Å². The molecule has 1 amide bonds. The zero-order valence-corrected chi connectivity index (χ0v) is 21.7. The fourth-order valence-corrected chi connectivity index (χ4v) is 3.76. The second-order valence-electron chi connectivity index (χ2n) is 8.41. The third kappa shape index (κ3) is 8.37. The number of amides is 1. The summed E-state index contributed by atoms with van der Waals surface area (Å²) in [7, 11) is 4.79. The zero-order chi connectivity index (χ0) is 26.5. The van der Waals surface area contributed by atoms with Gasteiger partial charge in [0.15, 0.2) is 11.5 Å². The first-order valence-electron chi connectivity index (χ1n) is 12.2. The molecule has 0 bridgehead atoms. The lowest BCUT2D eigenvalue weighted by molar-refractivity contribution is 0.102. The molecule has 198 valence electrons. The summed E-state index contributed by atoms with van der Waals surface area (Å²) in [6.45, 7) is 2.83. The number of pyridine rings is 1. The van der Waals surface area contributed by atoms with E-state index in [1.54, 1.807) is 39.7 Å². The lowest BCUT2D eigenvalue weighted by Crippen LogP contribution is -2.16. The van der Waals surface area contributed by atoms with Gasteiger partial charge in [-0.05, 0) is 73.3 Å². The summed E-state index contributed by atoms with van der Waals surface area (Å²) in [4.78, 5) is 16.4. The van der Waals surface area contributed by atoms with E-state index in [-0.39, 0.29) is 5.91 Å². The highest BCUT2D eigenvalue weighted by atomic mass is 16.5. The van der Waals surface area contributed by atoms with Gasteiger partial charge in [0.1, 0.15) is 5.82 Å². The van der Waals surface area contributed by atoms with Crippen LogP contribution in [-0.2, 0) is 17.9 Å². The maximum Gasteiger partial charge on any atom is 0.255 e. The molecule has 0 aliphatic heterocycles. The maximum atomic E-state index is 12.4. The number of carbonyl (C=O) groups excluding carboxylic acids is 1. The Bertz CT molecular complexity index is 1110. The van der Waals surface area contributed by atoms with Crippen LogP contribution < -0.4 is 30.6 Å². The number of rotatable bonds is 15. The molecule has 1 aromatic heterocycles. The van der Waals surface area contributed by atoms with E-state index in [4.69, 9.17) is 24.7 Å². The SMILES string of the molecule is COc1cc(COCCCCCNCc2ccc(C(=O)Nc3cccnc3N)cc2)cc(OC)c1OC. The number of unbranched alkanes of at least 4 members (excludes halogenated alkanes) is 2. The van der Waals surface area contributed by atoms with Crippen LogP contribution in [0.3, 0.4) is 0 Å². The maximum absolute atomic E-state index is 12.4. The number of nitrogens with one attached hydrogen (secondary N) is 2. The van der Waals surface area contributed by atoms with Gasteiger partial charge in [-0.2, -0.15) is 0 Å². The van der Waals surface area contributed by atoms with E-state index in [1.807, 2.05) is 36.4 Å². The molecule has 0 aliphatic rings. The highest BCUT2D eigenvalue weighted by Crippen LogP contribution is 2.38. The van der Waals surface area contributed by atoms with E-state index < -0.39 is 0 Å². The Morgan fingerprint density at radius 2 is 1.65 bits per heavy atom. The predicted octanol–water partition coefficient (Wildman–Crippen LogP) is 4.42. The molecule has 0 atom stereocenters. The summed E-state index contributed by atoms with van der Waals surface area (Å²) in [6, 6.07) is 14.8. The Morgan fingerprint density at radius 3 is 2.30 bits per heavy atom. The van der Waals surface area contributed by atoms with Crippen LogP contribution in [0.1, 0.15) is 40.7 Å². The van der Waals surface area contributed by atoms with Gasteiger partial charge in [-0.1, -0.05) is 12.1 Å². The Labute approximate surface area is 218 Å². The third-order valence-corrected chi connectivity index (χ3v) is 5.77. The highest BCUT2D eigenvalue weighted by Gasteiger charge is 2.13. The van der Waals surface area contributed by atoms with Crippen molar-refractivity contribution in [2.24, 2.45) is 0 Å². The van der Waals surface area contributed by atoms with E-state index in [0.717, 1.165) is 43.5 Å². The first kappa shape index (κ1) is 27.8. The van der Waals surface area contributed by atoms with Crippen LogP contribution in [-0.4, -0.2) is 45.4 Å². The summed E-state index contributed by atoms with van der Waals surface area (Å²) in [6.07, 6.45) is 4.69. The average molecular weight is 509 g/mol. The first-order chi connectivity index (χ1) is 18.0. The number of nitrogens with two attached hydrogens (primary N) is 1. The number of nitrogens with zero attached hydrogens (tertiary/aromatic N) is 1. The van der Waals surface area contributed by atoms with Crippen LogP contribution >= 0.6 is 0 Å². The molecule has 3 aromatic rings. The Morgan fingerprint density at radius 1 is 0.919 bits per heavy atom. The largest absolute Gasteiger partial charge is 0.493 e. The average Bonchev–Trinajstić information content (AvgIpc) is 2.93. The monoisotopic (exact) mass is 508 g/mol. The summed E-state index contributed by atoms with van der Waals surface area (Å²) in [5.41, 5.74) is 8.95. The van der Waals surface area contributed by atoms with E-state index in [2.05, 4.69) is 15.6 Å². The van der Waals surface area contributed by atoms with Gasteiger partial charge in [0, 0.05) is 24.9 Å². The second kappa shape index (κ2) is 14.7. The van der Waals surface area contributed by atoms with Crippen molar-refractivity contribution in [3.05, 3.63) is 71.4 Å². The standard InChI is InChI=1S/C28H36N4O5/c1-34-24-16-21(17-25(35-2)26(24)36-3)19-37-15-6-4-5-13-30-18-20-9-11-22(12-10-20)28(33)32-23-8-7-14-31-27(23)29/h7-12,14,16-17,30H,4-6,13,15,18-19H2,1-3H3,(H2,29,31)(H,32,33). The molecule has 0 fully saturated rings. The van der Waals surface area contributed by atoms with Crippen LogP contribution in [0.2, 0.25) is 0 Å². The van der Waals surface area contributed by atoms with Crippen LogP contribution in [0.5, 0.6) is 17.2 Å². The zero-order valence-electron chi connectivity index (χ0n) is 21.7. The Hall–Kier alpha value is -3.82. The van der Waals surface area contributed by atoms with Gasteiger partial charge in [-0.25, -0.2) is 4.98 Å². The minimum absolute atomic E-state index is 0.216. The number of nitrogen functional groups attached to an aromatic ring is 1. The Balaban J connectivity index is 1.29. The molecule has 0 aliphatic carbocycles. The van der Waals surface area contributed by atoms with Gasteiger partial charge in [-0.3, -0.25) is 4.79 Å². The predicted molar refractivity (Wildman–Crippen MR) is 144 cm³/mol. The summed E-state index contributed by atoms with van der Waals surface area (Å²) < 4.78 is 21.9. The minimum Gasteiger partial charge on any atom is -0.493 e. The summed E-state index contributed by atoms with van der Waals surface area (Å²) >= 11 is 0. The highest BCUT2D eigenvalue weighted by molar-refractivity contribution is 6.05. The van der Waals surface area contributed by atoms with E-state index in [1.165, 1.54) is 0 Å². The van der Waals surface area contributed by atoms with Gasteiger partial charge >= 0.3 is 0 Å². The molecule has 0 radical (unpaired) electrons. The number of anilines is 2. The van der Waals surface area contributed by atoms with Gasteiger partial charge in [0.25, 0.3) is 5.91 Å². The Kier molecular flexibility index (Phi) is 11.0. The molecule has 2 aromatic carbocycles. The van der Waals surface area contributed by atoms with Crippen LogP contribution in [0, 0.1) is 0 Å². The van der Waals surface area contributed by atoms with Crippen molar-refractivity contribution < 1.29 is 23.7 Å². The van der Waals surface area contributed by atoms with Crippen LogP contribution in [0.4, 0.5) is 11.5 Å². The lowest BCUT2D eigenvalue weighted by atomic mass is 10.1. The molecule has 9 nitrogen and oxygen atoms in total. The summed E-state index contributed by atoms with van der Waals surface area (Å²) in [5.74, 6) is 1.90. The minimum atomic E-state index is -0.216. The van der Waals surface area contributed by atoms with Crippen molar-refractivity contribution in [3.63, 3.8) is 0 Å². The van der Waals surface area contributed by atoms with Crippen molar-refractivity contribution in [3.8, 4) is 17.2 Å². The topological polar surface area (TPSA) is 117 Å². The normalized spacial score (nSPS) is 10.7. The number of ether oxygens (including phenoxy) is 4. The number of methoxy groups -OCH3 is 3. The molecule has 37 heavy (non-hydrogen) atoms. The lowest BCUT2D eigenvalue weighted by Gasteiger charge is -2.14. The van der Waals surface area contributed by atoms with Crippen LogP contribution in [0.25, 0.3) is 0 Å². The molecular weight excluding hydrogens is 472 g/mol. The molecule has 9 heteroatoms. The molecule has 0 spiro atoms. The van der Waals surface area contributed by atoms with Gasteiger partial charge < -0.3 is 35.3 Å². The number of benzene rings is 2. The molecule has 3 rings (SSSR count). The van der Waals surface area contributed by atoms with Crippen LogP contribution in [0.15, 0.2) is 54.7 Å². The molecule has 4 N–H and O–H groups in total. The molecule has 0 saturated heterocycles. The van der Waals surface area contributed by atoms with E-state index >= 15 is 0 Å². The van der Waals surface area contributed by atoms with Crippen molar-refractivity contribution >= 4 is 17.4 Å². The van der Waals surface area contributed by atoms with Crippen molar-refractivity contribution in [2.45, 2.75) is 32.4 Å². The second-order valence-corrected chi connectivity index (χ2v) is 8.41. The van der Waals surface area contributed by atoms with E-state index in [0.29, 0.717) is 47.5 Å². The quantitative estimate of drug-likeness (QED) is 0.258. The smallest absolute Gasteiger partial charge is 0.255 e. The van der Waals surface area contributed by atoms with Crippen molar-refractivity contribution in [1.82, 2.24) is 10.3 Å². The molecule has 0 saturated carbocycles. The third-order valence-electron chi connectivity index (χ3n) is 5.77. The first-order valence-corrected chi connectivity index (χ1v) is 12.2. The number of hydrogen-bond acceptors (Lipinski definition) is 8. The van der Waals surface area contributed by atoms with Gasteiger partial charge in [0.05, 0.1) is 33.6 Å². The number of aromatic nitrogens is 1.